The molecular weight excluding hydrogens is 408 g/mol. The predicted octanol–water partition coefficient (Wildman–Crippen LogP) is 3.05. The number of amides is 1. The third-order valence-corrected chi connectivity index (χ3v) is 6.87. The quantitative estimate of drug-likeness (QED) is 0.531. The summed E-state index contributed by atoms with van der Waals surface area (Å²) >= 11 is 0. The maximum Gasteiger partial charge on any atom is 0.271 e. The van der Waals surface area contributed by atoms with E-state index < -0.39 is 20.5 Å². The molecule has 8 nitrogen and oxygen atoms in total. The van der Waals surface area contributed by atoms with Crippen LogP contribution in [0.4, 0.5) is 0 Å². The highest BCUT2D eigenvalue weighted by atomic mass is 32.2. The third kappa shape index (κ3) is 4.73. The molecule has 2 rings (SSSR count). The first-order valence-corrected chi connectivity index (χ1v) is 10.5. The minimum Gasteiger partial charge on any atom is -0.493 e. The molecule has 0 aliphatic rings. The maximum atomic E-state index is 12.8. The zero-order chi connectivity index (χ0) is 22.5. The van der Waals surface area contributed by atoms with Crippen LogP contribution >= 0.6 is 0 Å². The fraction of sp³-hybridized carbons (Fsp3) is 0.333. The lowest BCUT2D eigenvalue weighted by Gasteiger charge is -2.20. The van der Waals surface area contributed by atoms with E-state index in [1.165, 1.54) is 45.7 Å². The molecule has 9 heteroatoms. The molecular formula is C21H26N2O6S. The van der Waals surface area contributed by atoms with Gasteiger partial charge in [-0.25, -0.2) is 13.8 Å². The zero-order valence-corrected chi connectivity index (χ0v) is 18.7. The van der Waals surface area contributed by atoms with Crippen LogP contribution in [0.2, 0.25) is 0 Å². The van der Waals surface area contributed by atoms with Crippen molar-refractivity contribution in [2.75, 3.05) is 21.3 Å². The molecule has 0 bridgehead atoms. The number of sulfone groups is 1. The summed E-state index contributed by atoms with van der Waals surface area (Å²) in [5.74, 6) is 0.489. The molecule has 0 radical (unpaired) electrons. The molecule has 0 unspecified atom stereocenters. The third-order valence-electron chi connectivity index (χ3n) is 4.31. The van der Waals surface area contributed by atoms with Gasteiger partial charge in [0.1, 0.15) is 0 Å². The van der Waals surface area contributed by atoms with Gasteiger partial charge >= 0.3 is 0 Å². The molecule has 30 heavy (non-hydrogen) atoms. The van der Waals surface area contributed by atoms with Crippen molar-refractivity contribution in [1.29, 1.82) is 0 Å². The van der Waals surface area contributed by atoms with Gasteiger partial charge in [-0.15, -0.1) is 0 Å². The summed E-state index contributed by atoms with van der Waals surface area (Å²) in [7, 11) is 0.776. The second-order valence-electron chi connectivity index (χ2n) is 7.27. The average Bonchev–Trinajstić information content (AvgIpc) is 2.71. The van der Waals surface area contributed by atoms with E-state index in [2.05, 4.69) is 10.5 Å². The van der Waals surface area contributed by atoms with Gasteiger partial charge in [0.25, 0.3) is 5.91 Å². The molecule has 2 aromatic rings. The lowest BCUT2D eigenvalue weighted by atomic mass is 10.1. The molecule has 0 heterocycles. The fourth-order valence-electron chi connectivity index (χ4n) is 2.60. The van der Waals surface area contributed by atoms with Gasteiger partial charge in [0, 0.05) is 11.1 Å². The topological polar surface area (TPSA) is 103 Å². The van der Waals surface area contributed by atoms with Crippen LogP contribution in [0, 0.1) is 0 Å². The number of rotatable bonds is 7. The van der Waals surface area contributed by atoms with Crippen LogP contribution < -0.4 is 19.6 Å². The number of ether oxygens (including phenoxy) is 3. The lowest BCUT2D eigenvalue weighted by molar-refractivity contribution is 0.0954. The summed E-state index contributed by atoms with van der Waals surface area (Å²) < 4.78 is 40.3. The molecule has 1 N–H and O–H groups in total. The van der Waals surface area contributed by atoms with Crippen LogP contribution in [0.25, 0.3) is 0 Å². The molecule has 0 fully saturated rings. The lowest BCUT2D eigenvalue weighted by Crippen LogP contribution is -2.28. The van der Waals surface area contributed by atoms with E-state index in [-0.39, 0.29) is 10.5 Å². The van der Waals surface area contributed by atoms with E-state index in [0.29, 0.717) is 22.8 Å². The summed E-state index contributed by atoms with van der Waals surface area (Å²) in [6, 6.07) is 9.46. The summed E-state index contributed by atoms with van der Waals surface area (Å²) in [5, 5.41) is 3.93. The van der Waals surface area contributed by atoms with Gasteiger partial charge in [0.15, 0.2) is 21.3 Å². The molecule has 0 saturated carbocycles. The van der Waals surface area contributed by atoms with Gasteiger partial charge in [-0.2, -0.15) is 5.10 Å². The zero-order valence-electron chi connectivity index (χ0n) is 17.8. The van der Waals surface area contributed by atoms with Crippen molar-refractivity contribution in [2.24, 2.45) is 5.10 Å². The second-order valence-corrected chi connectivity index (χ2v) is 9.94. The Bertz CT molecular complexity index is 1030. The minimum absolute atomic E-state index is 0.142. The predicted molar refractivity (Wildman–Crippen MR) is 115 cm³/mol. The van der Waals surface area contributed by atoms with Gasteiger partial charge in [0.05, 0.1) is 37.2 Å². The van der Waals surface area contributed by atoms with Gasteiger partial charge < -0.3 is 14.2 Å². The standard InChI is InChI=1S/C21H26N2O6S/c1-21(2,3)30(25,26)18-10-8-7-9-14(18)13-22-23-20(24)15-11-16(27-4)19(29-6)17(12-15)28-5/h7-13H,1-6H3,(H,23,24)/b22-13+. The number of benzene rings is 2. The summed E-state index contributed by atoms with van der Waals surface area (Å²) in [5.41, 5.74) is 3.00. The Kier molecular flexibility index (Phi) is 7.09. The first-order valence-electron chi connectivity index (χ1n) is 9.04. The summed E-state index contributed by atoms with van der Waals surface area (Å²) in [4.78, 5) is 12.7. The van der Waals surface area contributed by atoms with Crippen molar-refractivity contribution < 1.29 is 27.4 Å². The molecule has 0 aromatic heterocycles. The van der Waals surface area contributed by atoms with Crippen LogP contribution in [-0.4, -0.2) is 46.6 Å². The number of nitrogens with zero attached hydrogens (tertiary/aromatic N) is 1. The highest BCUT2D eigenvalue weighted by Crippen LogP contribution is 2.38. The largest absolute Gasteiger partial charge is 0.493 e. The summed E-state index contributed by atoms with van der Waals surface area (Å²) in [6.45, 7) is 4.88. The molecule has 0 aliphatic carbocycles. The van der Waals surface area contributed by atoms with Crippen LogP contribution in [0.3, 0.4) is 0 Å². The number of nitrogens with one attached hydrogen (secondary N) is 1. The van der Waals surface area contributed by atoms with Crippen molar-refractivity contribution in [3.05, 3.63) is 47.5 Å². The Morgan fingerprint density at radius 2 is 1.57 bits per heavy atom. The van der Waals surface area contributed by atoms with Gasteiger partial charge in [-0.05, 0) is 39.0 Å². The number of methoxy groups -OCH3 is 3. The fourth-order valence-corrected chi connectivity index (χ4v) is 3.95. The first-order chi connectivity index (χ1) is 14.1. The van der Waals surface area contributed by atoms with Crippen LogP contribution in [0.5, 0.6) is 17.2 Å². The first kappa shape index (κ1) is 23.2. The van der Waals surface area contributed by atoms with Gasteiger partial charge in [-0.3, -0.25) is 4.79 Å². The molecule has 0 spiro atoms. The van der Waals surface area contributed by atoms with Crippen LogP contribution in [-0.2, 0) is 9.84 Å². The van der Waals surface area contributed by atoms with E-state index >= 15 is 0 Å². The Hall–Kier alpha value is -3.07. The molecule has 1 amide bonds. The molecule has 0 aliphatic heterocycles. The van der Waals surface area contributed by atoms with Gasteiger partial charge in [-0.1, -0.05) is 18.2 Å². The number of hydrogen-bond donors (Lipinski definition) is 1. The Labute approximate surface area is 176 Å². The van der Waals surface area contributed by atoms with E-state index in [1.54, 1.807) is 39.0 Å². The number of carbonyl (C=O) groups excluding carboxylic acids is 1. The Balaban J connectivity index is 2.31. The van der Waals surface area contributed by atoms with E-state index in [1.807, 2.05) is 0 Å². The molecule has 2 aromatic carbocycles. The van der Waals surface area contributed by atoms with Crippen molar-refractivity contribution in [2.45, 2.75) is 30.4 Å². The van der Waals surface area contributed by atoms with Crippen molar-refractivity contribution in [1.82, 2.24) is 5.43 Å². The SMILES string of the molecule is COc1cc(C(=O)N/N=C/c2ccccc2S(=O)(=O)C(C)(C)C)cc(OC)c1OC. The van der Waals surface area contributed by atoms with Gasteiger partial charge in [0.2, 0.25) is 5.75 Å². The van der Waals surface area contributed by atoms with Crippen molar-refractivity contribution in [3.8, 4) is 17.2 Å². The van der Waals surface area contributed by atoms with E-state index in [0.717, 1.165) is 0 Å². The van der Waals surface area contributed by atoms with Crippen molar-refractivity contribution >= 4 is 22.0 Å². The molecule has 162 valence electrons. The maximum absolute atomic E-state index is 12.8. The second kappa shape index (κ2) is 9.17. The summed E-state index contributed by atoms with van der Waals surface area (Å²) in [6.07, 6.45) is 1.30. The van der Waals surface area contributed by atoms with Crippen LogP contribution in [0.15, 0.2) is 46.4 Å². The Morgan fingerprint density at radius 1 is 1.00 bits per heavy atom. The number of hydrazone groups is 1. The average molecular weight is 435 g/mol. The normalized spacial score (nSPS) is 11.9. The van der Waals surface area contributed by atoms with E-state index in [4.69, 9.17) is 14.2 Å². The highest BCUT2D eigenvalue weighted by Gasteiger charge is 2.32. The number of hydrogen-bond acceptors (Lipinski definition) is 7. The smallest absolute Gasteiger partial charge is 0.271 e. The monoisotopic (exact) mass is 434 g/mol. The van der Waals surface area contributed by atoms with Crippen molar-refractivity contribution in [3.63, 3.8) is 0 Å². The minimum atomic E-state index is -3.59. The number of carbonyl (C=O) groups is 1. The Morgan fingerprint density at radius 3 is 2.07 bits per heavy atom. The molecule has 0 atom stereocenters. The van der Waals surface area contributed by atoms with Crippen LogP contribution in [0.1, 0.15) is 36.7 Å². The van der Waals surface area contributed by atoms with E-state index in [9.17, 15) is 13.2 Å². The molecule has 0 saturated heterocycles. The highest BCUT2D eigenvalue weighted by molar-refractivity contribution is 7.92.